The van der Waals surface area contributed by atoms with Crippen LogP contribution in [0.15, 0.2) is 66.6 Å². The van der Waals surface area contributed by atoms with Gasteiger partial charge < -0.3 is 10.1 Å². The van der Waals surface area contributed by atoms with Gasteiger partial charge in [0.1, 0.15) is 0 Å². The predicted molar refractivity (Wildman–Crippen MR) is 159 cm³/mol. The van der Waals surface area contributed by atoms with Gasteiger partial charge in [0.2, 0.25) is 0 Å². The van der Waals surface area contributed by atoms with E-state index in [9.17, 15) is 4.79 Å². The Labute approximate surface area is 245 Å². The molecule has 4 aromatic rings. The largest absolute Gasteiger partial charge is 0.512 e. The average molecular weight is 705 g/mol. The number of ketones is 1. The van der Waals surface area contributed by atoms with Gasteiger partial charge in [-0.2, -0.15) is 0 Å². The van der Waals surface area contributed by atoms with Gasteiger partial charge in [-0.25, -0.2) is 0 Å². The summed E-state index contributed by atoms with van der Waals surface area (Å²) in [6, 6.07) is 21.4. The van der Waals surface area contributed by atoms with E-state index in [2.05, 4.69) is 103 Å². The van der Waals surface area contributed by atoms with Crippen molar-refractivity contribution in [2.24, 2.45) is 0 Å². The van der Waals surface area contributed by atoms with Gasteiger partial charge in [0.05, 0.1) is 10.5 Å². The minimum absolute atomic E-state index is 0. The van der Waals surface area contributed by atoms with E-state index < -0.39 is 0 Å². The second-order valence-electron chi connectivity index (χ2n) is 11.7. The van der Waals surface area contributed by atoms with E-state index in [0.717, 1.165) is 16.8 Å². The van der Waals surface area contributed by atoms with Gasteiger partial charge in [0, 0.05) is 37.3 Å². The molecule has 4 rings (SSSR count). The molecule has 1 N–H and O–H groups in total. The Hall–Kier alpha value is -2.59. The molecule has 0 amide bonds. The van der Waals surface area contributed by atoms with E-state index in [0.29, 0.717) is 0 Å². The van der Waals surface area contributed by atoms with E-state index >= 15 is 0 Å². The summed E-state index contributed by atoms with van der Waals surface area (Å²) in [5.74, 6) is -0.0625. The van der Waals surface area contributed by atoms with Crippen LogP contribution in [0.5, 0.6) is 0 Å². The number of nitrogens with zero attached hydrogens (tertiary/aromatic N) is 1. The Kier molecular flexibility index (Phi) is 10.4. The van der Waals surface area contributed by atoms with Crippen molar-refractivity contribution in [3.63, 3.8) is 0 Å². The maximum absolute atomic E-state index is 10.0. The summed E-state index contributed by atoms with van der Waals surface area (Å²) in [7, 11) is 0. The van der Waals surface area contributed by atoms with Crippen LogP contribution in [0, 0.1) is 13.0 Å². The number of carbonyl (C=O) groups is 1. The molecule has 1 radical (unpaired) electrons. The van der Waals surface area contributed by atoms with Crippen LogP contribution in [0.3, 0.4) is 0 Å². The number of aromatic nitrogens is 1. The monoisotopic (exact) mass is 705 g/mol. The van der Waals surface area contributed by atoms with E-state index in [4.69, 9.17) is 10.1 Å². The molecule has 0 spiro atoms. The first-order valence-electron chi connectivity index (χ1n) is 12.6. The number of fused-ring (bicyclic) bond motifs is 1. The average Bonchev–Trinajstić information content (AvgIpc) is 3.20. The number of rotatable bonds is 3. The summed E-state index contributed by atoms with van der Waals surface area (Å²) in [5.41, 5.74) is 7.45. The van der Waals surface area contributed by atoms with Crippen molar-refractivity contribution < 1.29 is 30.0 Å². The summed E-state index contributed by atoms with van der Waals surface area (Å²) >= 11 is 1.81. The van der Waals surface area contributed by atoms with Gasteiger partial charge >= 0.3 is 0 Å². The van der Waals surface area contributed by atoms with Crippen LogP contribution in [0.4, 0.5) is 0 Å². The number of carbonyl (C=O) groups excluding carboxylic acids is 1. The van der Waals surface area contributed by atoms with Gasteiger partial charge in [-0.3, -0.25) is 4.79 Å². The molecule has 203 valence electrons. The second kappa shape index (κ2) is 12.5. The minimum Gasteiger partial charge on any atom is -0.512 e. The number of hydrogen-bond donors (Lipinski definition) is 1. The maximum atomic E-state index is 10.0. The van der Waals surface area contributed by atoms with Gasteiger partial charge in [-0.15, -0.1) is 46.2 Å². The fourth-order valence-corrected chi connectivity index (χ4v) is 4.97. The first-order valence-corrected chi connectivity index (χ1v) is 13.4. The smallest absolute Gasteiger partial charge is 0.155 e. The van der Waals surface area contributed by atoms with Crippen molar-refractivity contribution in [1.29, 1.82) is 0 Å². The topological polar surface area (TPSA) is 50.2 Å². The summed E-state index contributed by atoms with van der Waals surface area (Å²) in [6.07, 6.45) is 3.18. The molecule has 0 saturated carbocycles. The van der Waals surface area contributed by atoms with Gasteiger partial charge in [-0.05, 0) is 53.0 Å². The van der Waals surface area contributed by atoms with Crippen molar-refractivity contribution >= 4 is 27.2 Å². The fourth-order valence-electron chi connectivity index (χ4n) is 3.95. The van der Waals surface area contributed by atoms with Gasteiger partial charge in [-0.1, -0.05) is 78.8 Å². The number of aliphatic hydroxyl groups excluding tert-OH is 1. The van der Waals surface area contributed by atoms with Gasteiger partial charge in [0.15, 0.2) is 5.78 Å². The normalized spacial score (nSPS) is 12.0. The van der Waals surface area contributed by atoms with Crippen LogP contribution >= 0.6 is 11.3 Å². The number of allylic oxidation sites excluding steroid dienone is 2. The van der Waals surface area contributed by atoms with E-state index in [1.54, 1.807) is 11.3 Å². The molecule has 2 aromatic carbocycles. The van der Waals surface area contributed by atoms with Crippen molar-refractivity contribution in [2.75, 3.05) is 0 Å². The number of aliphatic hydroxyl groups is 1. The summed E-state index contributed by atoms with van der Waals surface area (Å²) in [4.78, 5) is 16.1. The minimum atomic E-state index is -0.125. The molecule has 0 fully saturated rings. The third kappa shape index (κ3) is 8.46. The molecule has 38 heavy (non-hydrogen) atoms. The van der Waals surface area contributed by atoms with Crippen LogP contribution in [-0.4, -0.2) is 15.9 Å². The van der Waals surface area contributed by atoms with Crippen LogP contribution in [0.2, 0.25) is 0 Å². The van der Waals surface area contributed by atoms with Crippen LogP contribution < -0.4 is 0 Å². The molecule has 0 saturated heterocycles. The summed E-state index contributed by atoms with van der Waals surface area (Å²) < 4.78 is 1.22. The predicted octanol–water partition coefficient (Wildman–Crippen LogP) is 9.37. The van der Waals surface area contributed by atoms with Crippen LogP contribution in [-0.2, 0) is 35.7 Å². The van der Waals surface area contributed by atoms with E-state index in [1.807, 2.05) is 6.20 Å². The molecule has 0 unspecified atom stereocenters. The number of hydrogen-bond acceptors (Lipinski definition) is 4. The molecule has 0 aliphatic heterocycles. The molecular weight excluding hydrogens is 667 g/mol. The first-order chi connectivity index (χ1) is 17.1. The van der Waals surface area contributed by atoms with Crippen molar-refractivity contribution in [1.82, 2.24) is 4.98 Å². The fraction of sp³-hybridized carbons (Fsp3) is 0.333. The molecule has 2 aromatic heterocycles. The van der Waals surface area contributed by atoms with Crippen molar-refractivity contribution in [2.45, 2.75) is 73.1 Å². The first kappa shape index (κ1) is 31.6. The number of pyridine rings is 1. The molecule has 0 aliphatic rings. The molecule has 0 bridgehead atoms. The maximum Gasteiger partial charge on any atom is 0.155 e. The molecule has 5 heteroatoms. The third-order valence-corrected chi connectivity index (χ3v) is 7.13. The second-order valence-corrected chi connectivity index (χ2v) is 12.7. The number of thiophene rings is 1. The molecule has 0 atom stereocenters. The Morgan fingerprint density at radius 2 is 1.53 bits per heavy atom. The summed E-state index contributed by atoms with van der Waals surface area (Å²) in [5, 5.41) is 9.61. The Morgan fingerprint density at radius 1 is 0.921 bits per heavy atom. The zero-order chi connectivity index (χ0) is 27.5. The third-order valence-electron chi connectivity index (χ3n) is 6.00. The Bertz CT molecular complexity index is 1430. The molecule has 2 heterocycles. The summed E-state index contributed by atoms with van der Waals surface area (Å²) in [6.45, 7) is 18.5. The number of aryl methyl sites for hydroxylation is 1. The van der Waals surface area contributed by atoms with E-state index in [-0.39, 0.29) is 42.5 Å². The van der Waals surface area contributed by atoms with Gasteiger partial charge in [0.25, 0.3) is 0 Å². The van der Waals surface area contributed by atoms with E-state index in [1.165, 1.54) is 51.6 Å². The number of benzene rings is 2. The molecular formula is C33H38IrNO2S-. The standard InChI is InChI=1S/C28H30NS.C5H8O2.Ir/c1-18-12-20(14-23(13-18)28(5,6)7)24-15-21-16-25(30-26(21)17-29-24)19-8-10-22(11-9-19)27(2,3)4;1-4(6)3-5(2)7;/h8-11,13-17H,1-7H3;3,6H,1-2H3;/q-1;;/b;4-3-;. The SMILES string of the molecule is CC(=O)/C=C(/C)O.Cc1[c-]c(-c2cc3cc(-c4ccc(C(C)(C)C)cc4)sc3cn2)cc(C(C)(C)C)c1.[Ir]. The quantitative estimate of drug-likeness (QED) is 0.131. The zero-order valence-electron chi connectivity index (χ0n) is 23.8. The zero-order valence-corrected chi connectivity index (χ0v) is 27.0. The van der Waals surface area contributed by atoms with Crippen molar-refractivity contribution in [3.05, 3.63) is 89.3 Å². The Morgan fingerprint density at radius 3 is 2.03 bits per heavy atom. The van der Waals surface area contributed by atoms with Crippen LogP contribution in [0.1, 0.15) is 72.1 Å². The van der Waals surface area contributed by atoms with Crippen molar-refractivity contribution in [3.8, 4) is 21.7 Å². The van der Waals surface area contributed by atoms with Crippen LogP contribution in [0.25, 0.3) is 31.8 Å². The molecule has 0 aliphatic carbocycles. The Balaban J connectivity index is 0.000000561. The molecule has 3 nitrogen and oxygen atoms in total.